The molecule has 7 nitrogen and oxygen atoms in total. The molecule has 3 aromatic rings. The maximum atomic E-state index is 14.4. The third-order valence-electron chi connectivity index (χ3n) is 7.35. The Morgan fingerprint density at radius 2 is 1.86 bits per heavy atom. The molecular weight excluding hydrogens is 457 g/mol. The van der Waals surface area contributed by atoms with Crippen LogP contribution in [-0.4, -0.2) is 45.6 Å². The van der Waals surface area contributed by atoms with Crippen molar-refractivity contribution in [2.45, 2.75) is 44.8 Å². The summed E-state index contributed by atoms with van der Waals surface area (Å²) in [6, 6.07) is 11.7. The Bertz CT molecular complexity index is 1220. The normalized spacial score (nSPS) is 18.2. The molecule has 0 radical (unpaired) electrons. The van der Waals surface area contributed by atoms with E-state index in [0.29, 0.717) is 0 Å². The monoisotopic (exact) mass is 491 g/mol. The number of ether oxygens (including phenoxy) is 1. The standard InChI is InChI=1S/C28H34FN5O2/c1-33-26(35)17-25(23-11-14-31-18-24(23)29)32-28(33)36-27(22-9-12-30-13-10-22)21-7-5-20(6-8-21)19-34-15-3-2-4-16-34/h5-8,11,14,17-18,22,27,30H,2-4,9-10,12-13,15-16,19H2,1H3. The SMILES string of the molecule is Cn1c(OC(c2ccc(CN3CCCCC3)cc2)C2CCNCC2)nc(-c2ccncc2F)cc1=O. The third-order valence-corrected chi connectivity index (χ3v) is 7.35. The fraction of sp³-hybridized carbons (Fsp3) is 0.464. The lowest BCUT2D eigenvalue weighted by atomic mass is 9.87. The molecule has 2 aromatic heterocycles. The van der Waals surface area contributed by atoms with Crippen molar-refractivity contribution in [2.24, 2.45) is 13.0 Å². The molecule has 0 bridgehead atoms. The van der Waals surface area contributed by atoms with Crippen LogP contribution in [0.1, 0.15) is 49.3 Å². The van der Waals surface area contributed by atoms with Crippen molar-refractivity contribution in [3.05, 3.63) is 76.1 Å². The molecule has 8 heteroatoms. The molecule has 190 valence electrons. The zero-order valence-corrected chi connectivity index (χ0v) is 20.8. The van der Waals surface area contributed by atoms with Gasteiger partial charge >= 0.3 is 0 Å². The summed E-state index contributed by atoms with van der Waals surface area (Å²) in [5.74, 6) is -0.249. The molecule has 1 aromatic carbocycles. The average molecular weight is 492 g/mol. The molecule has 2 aliphatic rings. The Balaban J connectivity index is 1.43. The Morgan fingerprint density at radius 1 is 1.11 bits per heavy atom. The summed E-state index contributed by atoms with van der Waals surface area (Å²) in [5, 5.41) is 3.42. The number of benzene rings is 1. The summed E-state index contributed by atoms with van der Waals surface area (Å²) in [5.41, 5.74) is 2.54. The van der Waals surface area contributed by atoms with E-state index in [1.165, 1.54) is 47.7 Å². The first-order chi connectivity index (χ1) is 17.6. The van der Waals surface area contributed by atoms with Gasteiger partial charge in [-0.3, -0.25) is 19.2 Å². The smallest absolute Gasteiger partial charge is 0.300 e. The Hall–Kier alpha value is -3.10. The highest BCUT2D eigenvalue weighted by molar-refractivity contribution is 5.58. The maximum absolute atomic E-state index is 14.4. The van der Waals surface area contributed by atoms with E-state index in [0.717, 1.165) is 57.3 Å². The number of likely N-dealkylation sites (tertiary alicyclic amines) is 1. The number of hydrogen-bond acceptors (Lipinski definition) is 6. The third kappa shape index (κ3) is 5.65. The number of nitrogens with one attached hydrogen (secondary N) is 1. The van der Waals surface area contributed by atoms with Crippen LogP contribution in [0, 0.1) is 11.7 Å². The van der Waals surface area contributed by atoms with Gasteiger partial charge in [0, 0.05) is 37.3 Å². The molecule has 1 atom stereocenters. The summed E-state index contributed by atoms with van der Waals surface area (Å²) < 4.78 is 22.3. The minimum absolute atomic E-state index is 0.189. The first-order valence-electron chi connectivity index (χ1n) is 12.9. The second-order valence-electron chi connectivity index (χ2n) is 9.88. The van der Waals surface area contributed by atoms with Gasteiger partial charge in [-0.1, -0.05) is 30.7 Å². The minimum Gasteiger partial charge on any atom is -0.456 e. The Labute approximate surface area is 211 Å². The van der Waals surface area contributed by atoms with Crippen LogP contribution in [0.2, 0.25) is 0 Å². The van der Waals surface area contributed by atoms with Gasteiger partial charge in [-0.15, -0.1) is 0 Å². The largest absolute Gasteiger partial charge is 0.456 e. The van der Waals surface area contributed by atoms with Crippen LogP contribution in [0.25, 0.3) is 11.3 Å². The van der Waals surface area contributed by atoms with Gasteiger partial charge in [0.1, 0.15) is 6.10 Å². The van der Waals surface area contributed by atoms with Crippen LogP contribution < -0.4 is 15.6 Å². The molecular formula is C28H34FN5O2. The van der Waals surface area contributed by atoms with E-state index in [9.17, 15) is 9.18 Å². The summed E-state index contributed by atoms with van der Waals surface area (Å²) >= 11 is 0. The van der Waals surface area contributed by atoms with E-state index in [2.05, 4.69) is 44.5 Å². The second kappa shape index (κ2) is 11.3. The molecule has 36 heavy (non-hydrogen) atoms. The number of pyridine rings is 1. The van der Waals surface area contributed by atoms with Crippen molar-refractivity contribution in [3.63, 3.8) is 0 Å². The first kappa shape index (κ1) is 24.6. The minimum atomic E-state index is -0.525. The fourth-order valence-corrected chi connectivity index (χ4v) is 5.23. The van der Waals surface area contributed by atoms with Gasteiger partial charge < -0.3 is 10.1 Å². The predicted molar refractivity (Wildman–Crippen MR) is 137 cm³/mol. The lowest BCUT2D eigenvalue weighted by Gasteiger charge is -2.31. The van der Waals surface area contributed by atoms with E-state index in [1.54, 1.807) is 7.05 Å². The van der Waals surface area contributed by atoms with E-state index in [4.69, 9.17) is 4.74 Å². The van der Waals surface area contributed by atoms with Crippen LogP contribution in [0.15, 0.2) is 53.6 Å². The number of halogens is 1. The zero-order chi connectivity index (χ0) is 24.9. The average Bonchev–Trinajstić information content (AvgIpc) is 2.91. The molecule has 0 aliphatic carbocycles. The van der Waals surface area contributed by atoms with E-state index in [1.807, 2.05) is 0 Å². The van der Waals surface area contributed by atoms with Crippen molar-refractivity contribution in [1.82, 2.24) is 24.8 Å². The van der Waals surface area contributed by atoms with Crippen molar-refractivity contribution < 1.29 is 9.13 Å². The molecule has 1 N–H and O–H groups in total. The molecule has 0 saturated carbocycles. The number of rotatable bonds is 7. The molecule has 5 rings (SSSR count). The van der Waals surface area contributed by atoms with Crippen LogP contribution in [0.3, 0.4) is 0 Å². The van der Waals surface area contributed by atoms with Gasteiger partial charge in [0.05, 0.1) is 11.9 Å². The second-order valence-corrected chi connectivity index (χ2v) is 9.88. The molecule has 2 saturated heterocycles. The topological polar surface area (TPSA) is 72.3 Å². The fourth-order valence-electron chi connectivity index (χ4n) is 5.23. The number of aromatic nitrogens is 3. The van der Waals surface area contributed by atoms with Gasteiger partial charge in [0.15, 0.2) is 5.82 Å². The molecule has 0 amide bonds. The van der Waals surface area contributed by atoms with Crippen molar-refractivity contribution in [1.29, 1.82) is 0 Å². The lowest BCUT2D eigenvalue weighted by Crippen LogP contribution is -2.33. The van der Waals surface area contributed by atoms with Gasteiger partial charge in [0.2, 0.25) is 0 Å². The first-order valence-corrected chi connectivity index (χ1v) is 12.9. The van der Waals surface area contributed by atoms with Crippen molar-refractivity contribution >= 4 is 0 Å². The van der Waals surface area contributed by atoms with Gasteiger partial charge in [-0.25, -0.2) is 4.39 Å². The number of nitrogens with zero attached hydrogens (tertiary/aromatic N) is 4. The lowest BCUT2D eigenvalue weighted by molar-refractivity contribution is 0.0965. The Kier molecular flexibility index (Phi) is 7.72. The van der Waals surface area contributed by atoms with E-state index >= 15 is 0 Å². The van der Waals surface area contributed by atoms with Crippen LogP contribution >= 0.6 is 0 Å². The summed E-state index contributed by atoms with van der Waals surface area (Å²) in [6.07, 6.45) is 8.16. The number of piperidine rings is 2. The highest BCUT2D eigenvalue weighted by atomic mass is 19.1. The van der Waals surface area contributed by atoms with Crippen LogP contribution in [0.4, 0.5) is 4.39 Å². The van der Waals surface area contributed by atoms with Crippen molar-refractivity contribution in [3.8, 4) is 17.3 Å². The van der Waals surface area contributed by atoms with Gasteiger partial charge in [0.25, 0.3) is 11.6 Å². The molecule has 4 heterocycles. The van der Waals surface area contributed by atoms with E-state index in [-0.39, 0.29) is 34.8 Å². The molecule has 2 fully saturated rings. The van der Waals surface area contributed by atoms with Crippen LogP contribution in [-0.2, 0) is 13.6 Å². The summed E-state index contributed by atoms with van der Waals surface area (Å²) in [4.78, 5) is 23.6. The summed E-state index contributed by atoms with van der Waals surface area (Å²) in [6.45, 7) is 5.14. The highest BCUT2D eigenvalue weighted by Crippen LogP contribution is 2.34. The quantitative estimate of drug-likeness (QED) is 0.537. The maximum Gasteiger partial charge on any atom is 0.300 e. The summed E-state index contributed by atoms with van der Waals surface area (Å²) in [7, 11) is 1.64. The molecule has 0 spiro atoms. The zero-order valence-electron chi connectivity index (χ0n) is 20.8. The van der Waals surface area contributed by atoms with Gasteiger partial charge in [-0.05, 0) is 69.1 Å². The molecule has 1 unspecified atom stereocenters. The van der Waals surface area contributed by atoms with Gasteiger partial charge in [-0.2, -0.15) is 4.98 Å². The van der Waals surface area contributed by atoms with Crippen molar-refractivity contribution in [2.75, 3.05) is 26.2 Å². The van der Waals surface area contributed by atoms with E-state index < -0.39 is 5.82 Å². The Morgan fingerprint density at radius 3 is 2.58 bits per heavy atom. The van der Waals surface area contributed by atoms with Crippen LogP contribution in [0.5, 0.6) is 6.01 Å². The highest BCUT2D eigenvalue weighted by Gasteiger charge is 2.28. The predicted octanol–water partition coefficient (Wildman–Crippen LogP) is 4.09. The molecule has 2 aliphatic heterocycles. The number of hydrogen-bond donors (Lipinski definition) is 1.